The SMILES string of the molecule is C[C@H]1CNCCN1C(=O)c1sccc1Br. The van der Waals surface area contributed by atoms with Gasteiger partial charge >= 0.3 is 0 Å². The van der Waals surface area contributed by atoms with Crippen LogP contribution < -0.4 is 5.32 Å². The monoisotopic (exact) mass is 288 g/mol. The third kappa shape index (κ3) is 2.24. The predicted octanol–water partition coefficient (Wildman–Crippen LogP) is 1.94. The number of carbonyl (C=O) groups excluding carboxylic acids is 1. The molecule has 0 unspecified atom stereocenters. The van der Waals surface area contributed by atoms with Crippen molar-refractivity contribution in [1.29, 1.82) is 0 Å². The molecular weight excluding hydrogens is 276 g/mol. The molecule has 5 heteroatoms. The van der Waals surface area contributed by atoms with Crippen LogP contribution in [0.5, 0.6) is 0 Å². The molecular formula is C10H13BrN2OS. The molecule has 0 bridgehead atoms. The average molecular weight is 289 g/mol. The van der Waals surface area contributed by atoms with Gasteiger partial charge < -0.3 is 10.2 Å². The number of hydrogen-bond donors (Lipinski definition) is 1. The number of halogens is 1. The summed E-state index contributed by atoms with van der Waals surface area (Å²) in [5.41, 5.74) is 0. The average Bonchev–Trinajstić information content (AvgIpc) is 2.64. The standard InChI is InChI=1S/C10H13BrN2OS/c1-7-6-12-3-4-13(7)10(14)9-8(11)2-5-15-9/h2,5,7,12H,3-4,6H2,1H3/t7-/m0/s1. The van der Waals surface area contributed by atoms with Gasteiger partial charge in [0.1, 0.15) is 4.88 Å². The van der Waals surface area contributed by atoms with Gasteiger partial charge in [-0.2, -0.15) is 0 Å². The number of piperazine rings is 1. The minimum Gasteiger partial charge on any atom is -0.333 e. The highest BCUT2D eigenvalue weighted by atomic mass is 79.9. The van der Waals surface area contributed by atoms with Crippen molar-refractivity contribution in [3.05, 3.63) is 20.8 Å². The van der Waals surface area contributed by atoms with Gasteiger partial charge in [-0.25, -0.2) is 0 Å². The van der Waals surface area contributed by atoms with Crippen molar-refractivity contribution >= 4 is 33.2 Å². The van der Waals surface area contributed by atoms with Gasteiger partial charge in [-0.1, -0.05) is 0 Å². The molecule has 1 atom stereocenters. The summed E-state index contributed by atoms with van der Waals surface area (Å²) >= 11 is 4.90. The molecule has 1 aromatic rings. The zero-order valence-electron chi connectivity index (χ0n) is 8.50. The predicted molar refractivity (Wildman–Crippen MR) is 65.4 cm³/mol. The number of rotatable bonds is 1. The highest BCUT2D eigenvalue weighted by Crippen LogP contribution is 2.25. The largest absolute Gasteiger partial charge is 0.333 e. The zero-order chi connectivity index (χ0) is 10.8. The molecule has 1 aliphatic rings. The van der Waals surface area contributed by atoms with Crippen LogP contribution in [0.15, 0.2) is 15.9 Å². The quantitative estimate of drug-likeness (QED) is 0.857. The van der Waals surface area contributed by atoms with Gasteiger partial charge in [0.25, 0.3) is 5.91 Å². The topological polar surface area (TPSA) is 32.3 Å². The zero-order valence-corrected chi connectivity index (χ0v) is 10.9. The van der Waals surface area contributed by atoms with Crippen LogP contribution in [0.2, 0.25) is 0 Å². The van der Waals surface area contributed by atoms with E-state index >= 15 is 0 Å². The first-order chi connectivity index (χ1) is 7.20. The van der Waals surface area contributed by atoms with Crippen molar-refractivity contribution in [2.75, 3.05) is 19.6 Å². The van der Waals surface area contributed by atoms with Gasteiger partial charge in [-0.15, -0.1) is 11.3 Å². The summed E-state index contributed by atoms with van der Waals surface area (Å²) in [6.45, 7) is 4.64. The molecule has 1 aromatic heterocycles. The van der Waals surface area contributed by atoms with Crippen molar-refractivity contribution in [1.82, 2.24) is 10.2 Å². The molecule has 0 spiro atoms. The molecule has 2 heterocycles. The lowest BCUT2D eigenvalue weighted by Gasteiger charge is -2.33. The Morgan fingerprint density at radius 3 is 3.13 bits per heavy atom. The normalized spacial score (nSPS) is 21.7. The van der Waals surface area contributed by atoms with E-state index in [-0.39, 0.29) is 11.9 Å². The van der Waals surface area contributed by atoms with E-state index in [2.05, 4.69) is 28.2 Å². The van der Waals surface area contributed by atoms with Gasteiger partial charge in [0, 0.05) is 30.1 Å². The Bertz CT molecular complexity index is 366. The minimum atomic E-state index is 0.144. The number of hydrogen-bond acceptors (Lipinski definition) is 3. The van der Waals surface area contributed by atoms with Gasteiger partial charge in [-0.05, 0) is 34.3 Å². The molecule has 1 aliphatic heterocycles. The first kappa shape index (κ1) is 11.1. The molecule has 1 fully saturated rings. The molecule has 1 N–H and O–H groups in total. The molecule has 3 nitrogen and oxygen atoms in total. The maximum Gasteiger partial charge on any atom is 0.265 e. The maximum absolute atomic E-state index is 12.2. The minimum absolute atomic E-state index is 0.144. The summed E-state index contributed by atoms with van der Waals surface area (Å²) in [5, 5.41) is 5.21. The Balaban J connectivity index is 2.17. The second-order valence-corrected chi connectivity index (χ2v) is 5.42. The summed E-state index contributed by atoms with van der Waals surface area (Å²) in [7, 11) is 0. The Hall–Kier alpha value is -0.390. The van der Waals surface area contributed by atoms with Crippen molar-refractivity contribution < 1.29 is 4.79 Å². The third-order valence-corrected chi connectivity index (χ3v) is 4.40. The number of nitrogens with zero attached hydrogens (tertiary/aromatic N) is 1. The van der Waals surface area contributed by atoms with Gasteiger partial charge in [0.05, 0.1) is 0 Å². The van der Waals surface area contributed by atoms with E-state index in [4.69, 9.17) is 0 Å². The summed E-state index contributed by atoms with van der Waals surface area (Å²) in [6.07, 6.45) is 0. The number of nitrogens with one attached hydrogen (secondary N) is 1. The van der Waals surface area contributed by atoms with Crippen LogP contribution in [0.3, 0.4) is 0 Å². The first-order valence-corrected chi connectivity index (χ1v) is 6.62. The highest BCUT2D eigenvalue weighted by Gasteiger charge is 2.25. The maximum atomic E-state index is 12.2. The van der Waals surface area contributed by atoms with Crippen LogP contribution in [0.1, 0.15) is 16.6 Å². The second-order valence-electron chi connectivity index (χ2n) is 3.65. The summed E-state index contributed by atoms with van der Waals surface area (Å²) in [4.78, 5) is 14.9. The van der Waals surface area contributed by atoms with Crippen LogP contribution in [-0.2, 0) is 0 Å². The molecule has 0 aromatic carbocycles. The van der Waals surface area contributed by atoms with Gasteiger partial charge in [0.2, 0.25) is 0 Å². The number of carbonyl (C=O) groups is 1. The molecule has 1 saturated heterocycles. The lowest BCUT2D eigenvalue weighted by molar-refractivity contribution is 0.0660. The molecule has 15 heavy (non-hydrogen) atoms. The number of thiophene rings is 1. The Kier molecular flexibility index (Phi) is 3.43. The Morgan fingerprint density at radius 1 is 1.73 bits per heavy atom. The molecule has 0 radical (unpaired) electrons. The van der Waals surface area contributed by atoms with E-state index in [1.54, 1.807) is 0 Å². The highest BCUT2D eigenvalue weighted by molar-refractivity contribution is 9.10. The van der Waals surface area contributed by atoms with E-state index < -0.39 is 0 Å². The molecule has 1 amide bonds. The van der Waals surface area contributed by atoms with Gasteiger partial charge in [0.15, 0.2) is 0 Å². The smallest absolute Gasteiger partial charge is 0.265 e. The fourth-order valence-electron chi connectivity index (χ4n) is 1.72. The van der Waals surface area contributed by atoms with Crippen LogP contribution in [0.4, 0.5) is 0 Å². The first-order valence-electron chi connectivity index (χ1n) is 4.95. The summed E-state index contributed by atoms with van der Waals surface area (Å²) < 4.78 is 0.906. The van der Waals surface area contributed by atoms with Crippen molar-refractivity contribution in [2.45, 2.75) is 13.0 Å². The fourth-order valence-corrected chi connectivity index (χ4v) is 3.22. The summed E-state index contributed by atoms with van der Waals surface area (Å²) in [6, 6.07) is 2.20. The van der Waals surface area contributed by atoms with E-state index in [1.165, 1.54) is 11.3 Å². The van der Waals surface area contributed by atoms with Crippen molar-refractivity contribution in [3.8, 4) is 0 Å². The molecule has 0 saturated carbocycles. The van der Waals surface area contributed by atoms with Crippen LogP contribution in [0, 0.1) is 0 Å². The second kappa shape index (κ2) is 4.63. The Morgan fingerprint density at radius 2 is 2.53 bits per heavy atom. The molecule has 2 rings (SSSR count). The van der Waals surface area contributed by atoms with Crippen molar-refractivity contribution in [3.63, 3.8) is 0 Å². The molecule has 0 aliphatic carbocycles. The van der Waals surface area contributed by atoms with E-state index in [9.17, 15) is 4.79 Å². The molecule has 82 valence electrons. The fraction of sp³-hybridized carbons (Fsp3) is 0.500. The van der Waals surface area contributed by atoms with E-state index in [0.29, 0.717) is 0 Å². The van der Waals surface area contributed by atoms with Crippen LogP contribution in [-0.4, -0.2) is 36.5 Å². The van der Waals surface area contributed by atoms with Crippen molar-refractivity contribution in [2.24, 2.45) is 0 Å². The van der Waals surface area contributed by atoms with E-state index in [1.807, 2.05) is 16.3 Å². The lowest BCUT2D eigenvalue weighted by atomic mass is 10.2. The summed E-state index contributed by atoms with van der Waals surface area (Å²) in [5.74, 6) is 0.144. The third-order valence-electron chi connectivity index (χ3n) is 2.57. The van der Waals surface area contributed by atoms with Crippen LogP contribution in [0.25, 0.3) is 0 Å². The van der Waals surface area contributed by atoms with Crippen LogP contribution >= 0.6 is 27.3 Å². The Labute approximate surface area is 102 Å². The lowest BCUT2D eigenvalue weighted by Crippen LogP contribution is -2.52. The van der Waals surface area contributed by atoms with E-state index in [0.717, 1.165) is 29.0 Å². The van der Waals surface area contributed by atoms with Gasteiger partial charge in [-0.3, -0.25) is 4.79 Å². The number of amides is 1.